The van der Waals surface area contributed by atoms with E-state index in [2.05, 4.69) is 10.3 Å². The standard InChI is InChI=1S/C22H14Cl2F3N3O4S/c1-9-6-15(22(25,26)27)29-21-16(9)17(18(35-21)19(28)31)30-20(32)14-5-3-11(34-14)8-33-13-4-2-10(23)7-12(13)24/h2-7H,8H2,1H3,(H2,28,31)(H,30,32). The van der Waals surface area contributed by atoms with Gasteiger partial charge in [0.1, 0.15) is 33.5 Å². The largest absolute Gasteiger partial charge is 0.484 e. The quantitative estimate of drug-likeness (QED) is 0.290. The molecule has 0 atom stereocenters. The number of nitrogens with zero attached hydrogens (tertiary/aromatic N) is 1. The molecule has 0 unspecified atom stereocenters. The Morgan fingerprint density at radius 1 is 1.20 bits per heavy atom. The summed E-state index contributed by atoms with van der Waals surface area (Å²) in [7, 11) is 0. The lowest BCUT2D eigenvalue weighted by Crippen LogP contribution is -2.16. The zero-order valence-corrected chi connectivity index (χ0v) is 20.0. The summed E-state index contributed by atoms with van der Waals surface area (Å²) in [6.45, 7) is 1.36. The van der Waals surface area contributed by atoms with Crippen molar-refractivity contribution in [1.29, 1.82) is 0 Å². The number of carbonyl (C=O) groups is 2. The van der Waals surface area contributed by atoms with Gasteiger partial charge in [-0.05, 0) is 48.9 Å². The average molecular weight is 544 g/mol. The molecule has 0 radical (unpaired) electrons. The molecule has 4 rings (SSSR count). The monoisotopic (exact) mass is 543 g/mol. The lowest BCUT2D eigenvalue weighted by Gasteiger charge is -2.09. The molecular weight excluding hydrogens is 530 g/mol. The number of pyridine rings is 1. The molecule has 0 aliphatic heterocycles. The summed E-state index contributed by atoms with van der Waals surface area (Å²) in [5.41, 5.74) is 4.41. The van der Waals surface area contributed by atoms with E-state index in [0.29, 0.717) is 32.9 Å². The summed E-state index contributed by atoms with van der Waals surface area (Å²) >= 11 is 12.6. The Bertz CT molecular complexity index is 1470. The van der Waals surface area contributed by atoms with Crippen molar-refractivity contribution in [2.24, 2.45) is 5.73 Å². The topological polar surface area (TPSA) is 107 Å². The first-order chi connectivity index (χ1) is 16.4. The number of alkyl halides is 3. The molecule has 4 aromatic rings. The van der Waals surface area contributed by atoms with E-state index >= 15 is 0 Å². The highest BCUT2D eigenvalue weighted by molar-refractivity contribution is 7.21. The maximum absolute atomic E-state index is 13.2. The highest BCUT2D eigenvalue weighted by Gasteiger charge is 2.34. The number of primary amides is 1. The number of carbonyl (C=O) groups excluding carboxylic acids is 2. The first-order valence-corrected chi connectivity index (χ1v) is 11.3. The van der Waals surface area contributed by atoms with Gasteiger partial charge in [-0.15, -0.1) is 11.3 Å². The van der Waals surface area contributed by atoms with Crippen LogP contribution in [-0.4, -0.2) is 16.8 Å². The molecule has 3 aromatic heterocycles. The molecule has 3 heterocycles. The van der Waals surface area contributed by atoms with Crippen LogP contribution in [0.4, 0.5) is 18.9 Å². The molecule has 0 bridgehead atoms. The van der Waals surface area contributed by atoms with Gasteiger partial charge in [-0.1, -0.05) is 23.2 Å². The van der Waals surface area contributed by atoms with Crippen LogP contribution in [0, 0.1) is 6.92 Å². The van der Waals surface area contributed by atoms with Crippen molar-refractivity contribution in [2.75, 3.05) is 5.32 Å². The molecular formula is C22H14Cl2F3N3O4S. The Morgan fingerprint density at radius 2 is 1.94 bits per heavy atom. The second-order valence-corrected chi connectivity index (χ2v) is 9.10. The Kier molecular flexibility index (Phi) is 6.67. The van der Waals surface area contributed by atoms with Gasteiger partial charge in [-0.25, -0.2) is 4.98 Å². The summed E-state index contributed by atoms with van der Waals surface area (Å²) in [5, 5.41) is 3.42. The SMILES string of the molecule is Cc1cc(C(F)(F)F)nc2sc(C(N)=O)c(NC(=O)c3ccc(COc4ccc(Cl)cc4Cl)o3)c12. The van der Waals surface area contributed by atoms with E-state index in [0.717, 1.165) is 6.07 Å². The summed E-state index contributed by atoms with van der Waals surface area (Å²) in [6, 6.07) is 8.40. The van der Waals surface area contributed by atoms with Crippen molar-refractivity contribution in [2.45, 2.75) is 19.7 Å². The predicted octanol–water partition coefficient (Wildman–Crippen LogP) is 6.45. The minimum absolute atomic E-state index is 0.0385. The third-order valence-electron chi connectivity index (χ3n) is 4.76. The molecule has 1 aromatic carbocycles. The Labute approximate surface area is 209 Å². The Hall–Kier alpha value is -3.28. The van der Waals surface area contributed by atoms with E-state index in [-0.39, 0.29) is 38.7 Å². The molecule has 3 N–H and O–H groups in total. The van der Waals surface area contributed by atoms with Crippen molar-refractivity contribution in [3.63, 3.8) is 0 Å². The molecule has 7 nitrogen and oxygen atoms in total. The lowest BCUT2D eigenvalue weighted by molar-refractivity contribution is -0.141. The molecule has 0 spiro atoms. The van der Waals surface area contributed by atoms with Crippen LogP contribution in [0.15, 0.2) is 40.8 Å². The first kappa shape index (κ1) is 24.8. The molecule has 0 saturated carbocycles. The van der Waals surface area contributed by atoms with Crippen LogP contribution >= 0.6 is 34.5 Å². The summed E-state index contributed by atoms with van der Waals surface area (Å²) in [4.78, 5) is 28.1. The van der Waals surface area contributed by atoms with Gasteiger partial charge >= 0.3 is 6.18 Å². The molecule has 0 saturated heterocycles. The Balaban J connectivity index is 1.58. The minimum Gasteiger partial charge on any atom is -0.484 e. The van der Waals surface area contributed by atoms with E-state index in [1.54, 1.807) is 12.1 Å². The van der Waals surface area contributed by atoms with E-state index in [1.807, 2.05) is 0 Å². The number of amides is 2. The van der Waals surface area contributed by atoms with Crippen molar-refractivity contribution < 1.29 is 31.9 Å². The lowest BCUT2D eigenvalue weighted by atomic mass is 10.1. The number of benzene rings is 1. The van der Waals surface area contributed by atoms with Gasteiger partial charge < -0.3 is 20.2 Å². The van der Waals surface area contributed by atoms with Crippen LogP contribution < -0.4 is 15.8 Å². The molecule has 0 aliphatic carbocycles. The highest BCUT2D eigenvalue weighted by Crippen LogP contribution is 2.40. The van der Waals surface area contributed by atoms with Crippen LogP contribution in [0.5, 0.6) is 5.75 Å². The van der Waals surface area contributed by atoms with Crippen molar-refractivity contribution >= 4 is 62.3 Å². The van der Waals surface area contributed by atoms with Gasteiger partial charge in [-0.3, -0.25) is 9.59 Å². The van der Waals surface area contributed by atoms with E-state index in [1.165, 1.54) is 25.1 Å². The number of thiophene rings is 1. The van der Waals surface area contributed by atoms with Crippen LogP contribution in [0.3, 0.4) is 0 Å². The summed E-state index contributed by atoms with van der Waals surface area (Å²) in [5.74, 6) is -1.15. The molecule has 182 valence electrons. The second kappa shape index (κ2) is 9.40. The Morgan fingerprint density at radius 3 is 2.60 bits per heavy atom. The van der Waals surface area contributed by atoms with Gasteiger partial charge in [-0.2, -0.15) is 13.2 Å². The van der Waals surface area contributed by atoms with E-state index in [9.17, 15) is 22.8 Å². The fourth-order valence-electron chi connectivity index (χ4n) is 3.21. The molecule has 0 aliphatic rings. The maximum atomic E-state index is 13.2. The van der Waals surface area contributed by atoms with Gasteiger partial charge in [0.25, 0.3) is 11.8 Å². The number of anilines is 1. The van der Waals surface area contributed by atoms with Crippen molar-refractivity contribution in [3.05, 3.63) is 74.1 Å². The molecule has 13 heteroatoms. The number of furan rings is 1. The number of aryl methyl sites for hydroxylation is 1. The van der Waals surface area contributed by atoms with Crippen LogP contribution in [0.1, 0.15) is 37.2 Å². The second-order valence-electron chi connectivity index (χ2n) is 7.26. The number of nitrogens with two attached hydrogens (primary N) is 1. The fourth-order valence-corrected chi connectivity index (χ4v) is 4.74. The summed E-state index contributed by atoms with van der Waals surface area (Å²) in [6.07, 6.45) is -4.68. The third-order valence-corrected chi connectivity index (χ3v) is 6.39. The maximum Gasteiger partial charge on any atom is 0.433 e. The number of halogens is 5. The predicted molar refractivity (Wildman–Crippen MR) is 125 cm³/mol. The number of rotatable bonds is 6. The smallest absolute Gasteiger partial charge is 0.433 e. The third kappa shape index (κ3) is 5.21. The first-order valence-electron chi connectivity index (χ1n) is 9.73. The number of aromatic nitrogens is 1. The number of nitrogens with one attached hydrogen (secondary N) is 1. The summed E-state index contributed by atoms with van der Waals surface area (Å²) < 4.78 is 50.5. The van der Waals surface area contributed by atoms with Gasteiger partial charge in [0, 0.05) is 10.4 Å². The minimum atomic E-state index is -4.68. The van der Waals surface area contributed by atoms with E-state index < -0.39 is 23.7 Å². The van der Waals surface area contributed by atoms with Crippen molar-refractivity contribution in [1.82, 2.24) is 4.98 Å². The number of hydrogen-bond acceptors (Lipinski definition) is 6. The molecule has 2 amide bonds. The highest BCUT2D eigenvalue weighted by atomic mass is 35.5. The van der Waals surface area contributed by atoms with Crippen molar-refractivity contribution in [3.8, 4) is 5.75 Å². The number of hydrogen-bond donors (Lipinski definition) is 2. The average Bonchev–Trinajstić information content (AvgIpc) is 3.38. The molecule has 35 heavy (non-hydrogen) atoms. The number of ether oxygens (including phenoxy) is 1. The zero-order valence-electron chi connectivity index (χ0n) is 17.6. The normalized spacial score (nSPS) is 11.6. The van der Waals surface area contributed by atoms with Crippen LogP contribution in [-0.2, 0) is 12.8 Å². The van der Waals surface area contributed by atoms with Gasteiger partial charge in [0.2, 0.25) is 0 Å². The van der Waals surface area contributed by atoms with Gasteiger partial charge in [0.15, 0.2) is 5.76 Å². The van der Waals surface area contributed by atoms with Gasteiger partial charge in [0.05, 0.1) is 10.7 Å². The van der Waals surface area contributed by atoms with E-state index in [4.69, 9.17) is 38.1 Å². The molecule has 0 fully saturated rings. The fraction of sp³-hybridized carbons (Fsp3) is 0.136. The van der Waals surface area contributed by atoms with Crippen LogP contribution in [0.25, 0.3) is 10.2 Å². The van der Waals surface area contributed by atoms with Crippen LogP contribution in [0.2, 0.25) is 10.0 Å². The number of fused-ring (bicyclic) bond motifs is 1. The zero-order chi connectivity index (χ0) is 25.5.